The van der Waals surface area contributed by atoms with Gasteiger partial charge in [-0.05, 0) is 85.8 Å². The normalized spacial score (nSPS) is 12.4. The number of ether oxygens (including phenoxy) is 4. The predicted molar refractivity (Wildman–Crippen MR) is 292 cm³/mol. The van der Waals surface area contributed by atoms with Crippen LogP contribution in [0.1, 0.15) is 148 Å². The van der Waals surface area contributed by atoms with Crippen molar-refractivity contribution >= 4 is 23.6 Å². The highest BCUT2D eigenvalue weighted by Gasteiger charge is 2.28. The third-order valence-electron chi connectivity index (χ3n) is 13.2. The van der Waals surface area contributed by atoms with E-state index in [4.69, 9.17) is 29.1 Å². The molecule has 2 aromatic heterocycles. The van der Waals surface area contributed by atoms with Crippen LogP contribution in [0.15, 0.2) is 48.5 Å². The summed E-state index contributed by atoms with van der Waals surface area (Å²) >= 11 is 0. The molecule has 2 N–H and O–H groups in total. The van der Waals surface area contributed by atoms with Crippen molar-refractivity contribution in [3.63, 3.8) is 0 Å². The van der Waals surface area contributed by atoms with Gasteiger partial charge in [0.05, 0.1) is 51.0 Å². The Labute approximate surface area is 437 Å². The molecule has 1 unspecified atom stereocenters. The van der Waals surface area contributed by atoms with E-state index in [1.54, 1.807) is 50.4 Å². The third kappa shape index (κ3) is 18.1. The number of carbonyl (C=O) groups excluding carboxylic acids is 4. The minimum atomic E-state index is -0.287. The molecule has 0 radical (unpaired) electrons. The molecule has 0 aliphatic rings. The molecule has 4 rings (SSSR count). The van der Waals surface area contributed by atoms with Gasteiger partial charge in [-0.1, -0.05) is 101 Å². The molecule has 16 nitrogen and oxygen atoms in total. The number of hydrogen-bond acceptors (Lipinski definition) is 10. The summed E-state index contributed by atoms with van der Waals surface area (Å²) in [6, 6.07) is 14.3. The van der Waals surface area contributed by atoms with Gasteiger partial charge in [0.2, 0.25) is 11.8 Å². The molecule has 0 saturated heterocycles. The summed E-state index contributed by atoms with van der Waals surface area (Å²) in [6.45, 7) is 23.8. The van der Waals surface area contributed by atoms with Crippen LogP contribution >= 0.6 is 0 Å². The lowest BCUT2D eigenvalue weighted by molar-refractivity contribution is -0.131. The molecule has 4 aromatic rings. The van der Waals surface area contributed by atoms with Crippen LogP contribution in [0.4, 0.5) is 0 Å². The molecule has 0 aliphatic heterocycles. The number of carbonyl (C=O) groups is 4. The molecule has 73 heavy (non-hydrogen) atoms. The first-order valence-corrected chi connectivity index (χ1v) is 26.5. The summed E-state index contributed by atoms with van der Waals surface area (Å²) in [5.41, 5.74) is 3.67. The minimum absolute atomic E-state index is 0.0320. The fourth-order valence-corrected chi connectivity index (χ4v) is 8.86. The van der Waals surface area contributed by atoms with E-state index in [1.807, 2.05) is 73.7 Å². The fraction of sp³-hybridized carbons (Fsp3) is 0.614. The maximum absolute atomic E-state index is 13.5. The Bertz CT molecular complexity index is 2290. The Balaban J connectivity index is 0.000000385. The number of methoxy groups -OCH3 is 4. The van der Waals surface area contributed by atoms with Gasteiger partial charge in [0, 0.05) is 65.2 Å². The Kier molecular flexibility index (Phi) is 25.9. The fourth-order valence-electron chi connectivity index (χ4n) is 8.86. The van der Waals surface area contributed by atoms with Crippen LogP contribution in [0.25, 0.3) is 22.5 Å². The van der Waals surface area contributed by atoms with E-state index in [9.17, 15) is 19.2 Å². The SMILES string of the molecule is CCCN(C)C(=O)C[C@H](CC(C)C)NC(=O)c1cc(-c2c(OC)cccc2OC)n(CC(C)CC)n1.CCCN(C)C(=O)C[C@H](CC(C)C)NC(=O)c1cc(-c2c(OC)cccc2OC)n(CC(CC)CC)n1. The lowest BCUT2D eigenvalue weighted by atomic mass is 10.00. The molecule has 0 saturated carbocycles. The topological polar surface area (TPSA) is 171 Å². The summed E-state index contributed by atoms with van der Waals surface area (Å²) in [4.78, 5) is 55.8. The van der Waals surface area contributed by atoms with E-state index in [1.165, 1.54) is 0 Å². The molecule has 2 heterocycles. The first-order valence-electron chi connectivity index (χ1n) is 26.5. The van der Waals surface area contributed by atoms with Crippen LogP contribution in [0.5, 0.6) is 23.0 Å². The second-order valence-corrected chi connectivity index (χ2v) is 20.1. The van der Waals surface area contributed by atoms with Crippen molar-refractivity contribution in [2.75, 3.05) is 55.6 Å². The predicted octanol–water partition coefficient (Wildman–Crippen LogP) is 10.4. The first kappa shape index (κ1) is 61.2. The molecule has 2 aromatic carbocycles. The van der Waals surface area contributed by atoms with Crippen molar-refractivity contribution in [2.45, 2.75) is 152 Å². The Morgan fingerprint density at radius 2 is 0.918 bits per heavy atom. The van der Waals surface area contributed by atoms with Gasteiger partial charge in [-0.15, -0.1) is 0 Å². The molecular formula is C57H90N8O8. The van der Waals surface area contributed by atoms with Gasteiger partial charge in [-0.25, -0.2) is 0 Å². The number of amides is 4. The Hall–Kier alpha value is -6.06. The van der Waals surface area contributed by atoms with E-state index >= 15 is 0 Å². The first-order chi connectivity index (χ1) is 34.8. The Morgan fingerprint density at radius 3 is 1.22 bits per heavy atom. The van der Waals surface area contributed by atoms with Crippen LogP contribution in [0.2, 0.25) is 0 Å². The summed E-state index contributed by atoms with van der Waals surface area (Å²) in [6.07, 6.45) is 6.72. The van der Waals surface area contributed by atoms with Crippen molar-refractivity contribution in [3.05, 3.63) is 59.9 Å². The largest absolute Gasteiger partial charge is 0.496 e. The van der Waals surface area contributed by atoms with Gasteiger partial charge < -0.3 is 39.4 Å². The number of benzene rings is 2. The number of hydrogen-bond donors (Lipinski definition) is 2. The molecule has 0 spiro atoms. The van der Waals surface area contributed by atoms with Crippen molar-refractivity contribution in [2.24, 2.45) is 23.7 Å². The Morgan fingerprint density at radius 1 is 0.562 bits per heavy atom. The zero-order chi connectivity index (χ0) is 54.4. The van der Waals surface area contributed by atoms with Crippen molar-refractivity contribution in [1.29, 1.82) is 0 Å². The van der Waals surface area contributed by atoms with E-state index in [2.05, 4.69) is 66.0 Å². The zero-order valence-electron chi connectivity index (χ0n) is 47.2. The van der Waals surface area contributed by atoms with Crippen LogP contribution in [0, 0.1) is 23.7 Å². The highest BCUT2D eigenvalue weighted by atomic mass is 16.5. The maximum atomic E-state index is 13.5. The molecule has 0 fully saturated rings. The van der Waals surface area contributed by atoms with Gasteiger partial charge >= 0.3 is 0 Å². The minimum Gasteiger partial charge on any atom is -0.496 e. The average Bonchev–Trinajstić information content (AvgIpc) is 3.98. The molecule has 4 amide bonds. The molecular weight excluding hydrogens is 925 g/mol. The maximum Gasteiger partial charge on any atom is 0.272 e. The van der Waals surface area contributed by atoms with Gasteiger partial charge in [0.1, 0.15) is 23.0 Å². The smallest absolute Gasteiger partial charge is 0.272 e. The summed E-state index contributed by atoms with van der Waals surface area (Å²) in [5.74, 6) is 3.53. The lowest BCUT2D eigenvalue weighted by Gasteiger charge is -2.23. The van der Waals surface area contributed by atoms with Crippen LogP contribution in [-0.4, -0.2) is 121 Å². The average molecular weight is 1020 g/mol. The highest BCUT2D eigenvalue weighted by molar-refractivity contribution is 5.95. The van der Waals surface area contributed by atoms with Crippen LogP contribution in [0.3, 0.4) is 0 Å². The summed E-state index contributed by atoms with van der Waals surface area (Å²) in [5, 5.41) is 15.6. The number of aromatic nitrogens is 4. The number of nitrogens with one attached hydrogen (secondary N) is 2. The molecule has 0 bridgehead atoms. The highest BCUT2D eigenvalue weighted by Crippen LogP contribution is 2.40. The molecule has 16 heteroatoms. The lowest BCUT2D eigenvalue weighted by Crippen LogP contribution is -2.40. The van der Waals surface area contributed by atoms with Crippen LogP contribution < -0.4 is 29.6 Å². The molecule has 0 aliphatic carbocycles. The van der Waals surface area contributed by atoms with Gasteiger partial charge in [0.25, 0.3) is 11.8 Å². The molecule has 406 valence electrons. The second kappa shape index (κ2) is 30.9. The van der Waals surface area contributed by atoms with E-state index in [0.29, 0.717) is 97.1 Å². The summed E-state index contributed by atoms with van der Waals surface area (Å²) in [7, 11) is 10.1. The van der Waals surface area contributed by atoms with Crippen LogP contribution in [-0.2, 0) is 22.7 Å². The monoisotopic (exact) mass is 1010 g/mol. The summed E-state index contributed by atoms with van der Waals surface area (Å²) < 4.78 is 26.3. The zero-order valence-corrected chi connectivity index (χ0v) is 47.2. The van der Waals surface area contributed by atoms with Crippen molar-refractivity contribution < 1.29 is 38.1 Å². The second-order valence-electron chi connectivity index (χ2n) is 20.1. The number of rotatable bonds is 29. The standard InChI is InChI=1S/C29H46N4O4.C28H44N4O4/c1-9-15-32(6)27(34)17-22(16-20(4)5)30-29(35)23-18-24(33(31-23)19-21(10-2)11-3)28-25(36-7)13-12-14-26(28)37-8;1-9-14-31(6)26(33)16-21(15-19(3)4)29-28(34)22-17-23(32(30-22)18-20(5)10-2)27-24(35-7)12-11-13-25(27)36-8/h12-14,18,20-22H,9-11,15-17,19H2,1-8H3,(H,30,35);11-13,17,19-21H,9-10,14-16,18H2,1-8H3,(H,29,34)/t22-;20?,21-/m00/s1. The van der Waals surface area contributed by atoms with E-state index in [-0.39, 0.29) is 48.6 Å². The number of nitrogens with zero attached hydrogens (tertiary/aromatic N) is 6. The van der Waals surface area contributed by atoms with Gasteiger partial charge in [-0.2, -0.15) is 10.2 Å². The van der Waals surface area contributed by atoms with E-state index < -0.39 is 0 Å². The van der Waals surface area contributed by atoms with E-state index in [0.717, 1.165) is 54.6 Å². The quantitative estimate of drug-likeness (QED) is 0.0533. The van der Waals surface area contributed by atoms with Crippen molar-refractivity contribution in [3.8, 4) is 45.5 Å². The van der Waals surface area contributed by atoms with Gasteiger partial charge in [0.15, 0.2) is 11.4 Å². The van der Waals surface area contributed by atoms with Gasteiger partial charge in [-0.3, -0.25) is 28.5 Å². The molecule has 3 atom stereocenters. The van der Waals surface area contributed by atoms with Crippen molar-refractivity contribution in [1.82, 2.24) is 40.0 Å². The third-order valence-corrected chi connectivity index (χ3v) is 13.2.